The van der Waals surface area contributed by atoms with Crippen molar-refractivity contribution < 1.29 is 23.4 Å². The molecule has 1 heterocycles. The first-order valence-corrected chi connectivity index (χ1v) is 6.64. The van der Waals surface area contributed by atoms with Crippen LogP contribution < -0.4 is 9.47 Å². The highest BCUT2D eigenvalue weighted by Gasteiger charge is 2.28. The Kier molecular flexibility index (Phi) is 3.75. The van der Waals surface area contributed by atoms with E-state index in [1.807, 2.05) is 6.07 Å². The summed E-state index contributed by atoms with van der Waals surface area (Å²) in [6, 6.07) is 10.4. The van der Waals surface area contributed by atoms with E-state index in [0.29, 0.717) is 11.5 Å². The van der Waals surface area contributed by atoms with Crippen molar-refractivity contribution >= 4 is 0 Å². The Hall–Kier alpha value is -2.14. The topological polar surface area (TPSA) is 38.7 Å². The van der Waals surface area contributed by atoms with Gasteiger partial charge in [-0.2, -0.15) is 0 Å². The first-order valence-electron chi connectivity index (χ1n) is 6.64. The van der Waals surface area contributed by atoms with Crippen LogP contribution in [0.5, 0.6) is 11.5 Å². The molecule has 0 bridgehead atoms. The van der Waals surface area contributed by atoms with Crippen LogP contribution in [-0.4, -0.2) is 23.9 Å². The lowest BCUT2D eigenvalue weighted by atomic mass is 10.0. The first-order chi connectivity index (χ1) is 10.1. The first kappa shape index (κ1) is 13.8. The van der Waals surface area contributed by atoms with Gasteiger partial charge in [-0.3, -0.25) is 0 Å². The highest BCUT2D eigenvalue weighted by molar-refractivity contribution is 5.40. The summed E-state index contributed by atoms with van der Waals surface area (Å²) in [6.45, 7) is 0.182. The summed E-state index contributed by atoms with van der Waals surface area (Å²) >= 11 is 0. The average Bonchev–Trinajstić information content (AvgIpc) is 2.49. The second kappa shape index (κ2) is 5.69. The van der Waals surface area contributed by atoms with Crippen LogP contribution in [0.4, 0.5) is 8.78 Å². The third-order valence-electron chi connectivity index (χ3n) is 3.40. The Morgan fingerprint density at radius 3 is 2.67 bits per heavy atom. The predicted octanol–water partition coefficient (Wildman–Crippen LogP) is 2.71. The lowest BCUT2D eigenvalue weighted by Crippen LogP contribution is -2.40. The Morgan fingerprint density at radius 1 is 1.14 bits per heavy atom. The number of halogens is 2. The van der Waals surface area contributed by atoms with Gasteiger partial charge in [0.15, 0.2) is 17.6 Å². The molecule has 5 heteroatoms. The zero-order valence-corrected chi connectivity index (χ0v) is 11.1. The molecule has 1 aliphatic heterocycles. The number of aliphatic hydroxyl groups excluding tert-OH is 1. The van der Waals surface area contributed by atoms with Crippen molar-refractivity contribution in [3.63, 3.8) is 0 Å². The fraction of sp³-hybridized carbons (Fsp3) is 0.250. The maximum atomic E-state index is 13.6. The van der Waals surface area contributed by atoms with Gasteiger partial charge in [-0.25, -0.2) is 8.78 Å². The Balaban J connectivity index is 1.70. The number of aliphatic hydroxyl groups is 1. The molecule has 0 aromatic heterocycles. The highest BCUT2D eigenvalue weighted by atomic mass is 19.1. The minimum Gasteiger partial charge on any atom is -0.486 e. The van der Waals surface area contributed by atoms with Crippen LogP contribution >= 0.6 is 0 Å². The molecule has 110 valence electrons. The zero-order valence-electron chi connectivity index (χ0n) is 11.1. The number of hydrogen-bond acceptors (Lipinski definition) is 3. The van der Waals surface area contributed by atoms with Crippen LogP contribution in [0.25, 0.3) is 0 Å². The van der Waals surface area contributed by atoms with Crippen molar-refractivity contribution in [2.45, 2.75) is 18.6 Å². The van der Waals surface area contributed by atoms with E-state index in [0.717, 1.165) is 6.07 Å². The van der Waals surface area contributed by atoms with E-state index >= 15 is 0 Å². The van der Waals surface area contributed by atoms with E-state index in [-0.39, 0.29) is 18.6 Å². The molecule has 21 heavy (non-hydrogen) atoms. The third kappa shape index (κ3) is 2.97. The molecule has 2 unspecified atom stereocenters. The molecule has 2 atom stereocenters. The van der Waals surface area contributed by atoms with Crippen molar-refractivity contribution in [1.82, 2.24) is 0 Å². The minimum atomic E-state index is -0.946. The summed E-state index contributed by atoms with van der Waals surface area (Å²) in [5.74, 6) is -0.149. The van der Waals surface area contributed by atoms with E-state index in [9.17, 15) is 13.9 Å². The monoisotopic (exact) mass is 292 g/mol. The average molecular weight is 292 g/mol. The van der Waals surface area contributed by atoms with Gasteiger partial charge in [0.05, 0.1) is 6.10 Å². The van der Waals surface area contributed by atoms with Crippen LogP contribution in [0.2, 0.25) is 0 Å². The summed E-state index contributed by atoms with van der Waals surface area (Å²) in [6.07, 6.45) is -1.51. The molecule has 0 amide bonds. The molecule has 3 nitrogen and oxygen atoms in total. The number of hydrogen-bond donors (Lipinski definition) is 1. The van der Waals surface area contributed by atoms with Crippen molar-refractivity contribution in [2.75, 3.05) is 6.61 Å². The van der Waals surface area contributed by atoms with Gasteiger partial charge in [0, 0.05) is 12.5 Å². The van der Waals surface area contributed by atoms with Crippen molar-refractivity contribution in [2.24, 2.45) is 0 Å². The van der Waals surface area contributed by atoms with Crippen molar-refractivity contribution in [3.05, 3.63) is 59.7 Å². The van der Waals surface area contributed by atoms with Gasteiger partial charge >= 0.3 is 0 Å². The molecule has 0 aliphatic carbocycles. The molecular formula is C16H14F2O3. The molecule has 0 saturated heterocycles. The fourth-order valence-electron chi connectivity index (χ4n) is 2.27. The molecule has 0 radical (unpaired) electrons. The maximum absolute atomic E-state index is 13.6. The molecule has 0 spiro atoms. The Morgan fingerprint density at radius 2 is 1.90 bits per heavy atom. The second-order valence-corrected chi connectivity index (χ2v) is 4.92. The lowest BCUT2D eigenvalue weighted by molar-refractivity contribution is -0.00974. The van der Waals surface area contributed by atoms with Gasteiger partial charge in [-0.1, -0.05) is 18.2 Å². The van der Waals surface area contributed by atoms with Crippen LogP contribution in [-0.2, 0) is 6.42 Å². The van der Waals surface area contributed by atoms with Gasteiger partial charge in [0.1, 0.15) is 18.2 Å². The summed E-state index contributed by atoms with van der Waals surface area (Å²) in [4.78, 5) is 0. The molecule has 3 rings (SSSR count). The summed E-state index contributed by atoms with van der Waals surface area (Å²) in [5.41, 5.74) is 0.242. The number of para-hydroxylation sites is 2. The van der Waals surface area contributed by atoms with E-state index in [1.165, 1.54) is 12.1 Å². The molecular weight excluding hydrogens is 278 g/mol. The number of fused-ring (bicyclic) bond motifs is 1. The molecule has 2 aromatic rings. The highest BCUT2D eigenvalue weighted by Crippen LogP contribution is 2.32. The van der Waals surface area contributed by atoms with Gasteiger partial charge in [0.2, 0.25) is 0 Å². The Labute approximate surface area is 120 Å². The normalized spacial score (nSPS) is 18.3. The fourth-order valence-corrected chi connectivity index (χ4v) is 2.27. The minimum absolute atomic E-state index is 0.0301. The van der Waals surface area contributed by atoms with E-state index in [1.54, 1.807) is 18.2 Å². The zero-order chi connectivity index (χ0) is 14.8. The standard InChI is InChI=1S/C16H14F2O3/c17-11-6-5-10(12(18)8-11)7-13(19)16-9-20-14-3-1-2-4-15(14)21-16/h1-6,8,13,16,19H,7,9H2. The SMILES string of the molecule is OC(Cc1ccc(F)cc1F)C1COc2ccccc2O1. The van der Waals surface area contributed by atoms with E-state index in [4.69, 9.17) is 9.47 Å². The van der Waals surface area contributed by atoms with Gasteiger partial charge < -0.3 is 14.6 Å². The van der Waals surface area contributed by atoms with Crippen molar-refractivity contribution in [3.8, 4) is 11.5 Å². The van der Waals surface area contributed by atoms with Crippen LogP contribution in [0.1, 0.15) is 5.56 Å². The van der Waals surface area contributed by atoms with Crippen molar-refractivity contribution in [1.29, 1.82) is 0 Å². The molecule has 0 fully saturated rings. The van der Waals surface area contributed by atoms with E-state index in [2.05, 4.69) is 0 Å². The van der Waals surface area contributed by atoms with Gasteiger partial charge in [-0.05, 0) is 23.8 Å². The lowest BCUT2D eigenvalue weighted by Gasteiger charge is -2.29. The van der Waals surface area contributed by atoms with Gasteiger partial charge in [-0.15, -0.1) is 0 Å². The second-order valence-electron chi connectivity index (χ2n) is 4.92. The number of benzene rings is 2. The Bertz CT molecular complexity index is 645. The van der Waals surface area contributed by atoms with Crippen LogP contribution in [0.3, 0.4) is 0 Å². The van der Waals surface area contributed by atoms with E-state index < -0.39 is 23.8 Å². The third-order valence-corrected chi connectivity index (χ3v) is 3.40. The molecule has 2 aromatic carbocycles. The maximum Gasteiger partial charge on any atom is 0.161 e. The quantitative estimate of drug-likeness (QED) is 0.945. The molecule has 0 saturated carbocycles. The summed E-state index contributed by atoms with van der Waals surface area (Å²) in [5, 5.41) is 10.2. The summed E-state index contributed by atoms with van der Waals surface area (Å²) in [7, 11) is 0. The number of ether oxygens (including phenoxy) is 2. The molecule has 1 aliphatic rings. The molecule has 1 N–H and O–H groups in total. The smallest absolute Gasteiger partial charge is 0.161 e. The van der Waals surface area contributed by atoms with Crippen LogP contribution in [0.15, 0.2) is 42.5 Å². The number of rotatable bonds is 3. The predicted molar refractivity (Wildman–Crippen MR) is 72.4 cm³/mol. The summed E-state index contributed by atoms with van der Waals surface area (Å²) < 4.78 is 37.6. The van der Waals surface area contributed by atoms with Gasteiger partial charge in [0.25, 0.3) is 0 Å². The largest absolute Gasteiger partial charge is 0.486 e. The van der Waals surface area contributed by atoms with Crippen LogP contribution in [0, 0.1) is 11.6 Å².